The van der Waals surface area contributed by atoms with E-state index in [0.717, 1.165) is 10.8 Å². The molecule has 0 N–H and O–H groups in total. The van der Waals surface area contributed by atoms with E-state index in [2.05, 4.69) is 5.10 Å². The third-order valence-electron chi connectivity index (χ3n) is 5.57. The van der Waals surface area contributed by atoms with Crippen LogP contribution < -0.4 is 11.2 Å². The van der Waals surface area contributed by atoms with E-state index in [1.54, 1.807) is 30.3 Å². The van der Waals surface area contributed by atoms with Gasteiger partial charge in [-0.3, -0.25) is 4.79 Å². The summed E-state index contributed by atoms with van der Waals surface area (Å²) >= 11 is 0. The van der Waals surface area contributed by atoms with E-state index in [-0.39, 0.29) is 17.9 Å². The van der Waals surface area contributed by atoms with Crippen LogP contribution in [0.3, 0.4) is 0 Å². The van der Waals surface area contributed by atoms with E-state index in [9.17, 15) is 14.4 Å². The molecular weight excluding hydrogens is 420 g/mol. The standard InChI is InChI=1S/C26H20N2O5/c1-2-13-28-25(30)20-10-6-5-9-19(20)24(27-28)26(31)32-15-17-14-22(29)33-21-12-11-16-7-3-4-8-18(16)23(17)21/h3-12,14H,2,13,15H2,1H3. The Kier molecular flexibility index (Phi) is 5.22. The normalized spacial score (nSPS) is 11.3. The Hall–Kier alpha value is -4.26. The number of nitrogens with zero attached hydrogens (tertiary/aromatic N) is 2. The topological polar surface area (TPSA) is 91.4 Å². The molecule has 0 unspecified atom stereocenters. The number of ether oxygens (including phenoxy) is 1. The van der Waals surface area contributed by atoms with Crippen LogP contribution >= 0.6 is 0 Å². The lowest BCUT2D eigenvalue weighted by molar-refractivity contribution is 0.0466. The highest BCUT2D eigenvalue weighted by molar-refractivity contribution is 6.07. The summed E-state index contributed by atoms with van der Waals surface area (Å²) in [5.41, 5.74) is 0.256. The van der Waals surface area contributed by atoms with Crippen molar-refractivity contribution in [2.75, 3.05) is 0 Å². The molecule has 33 heavy (non-hydrogen) atoms. The van der Waals surface area contributed by atoms with Crippen molar-refractivity contribution in [3.05, 3.63) is 98.8 Å². The molecule has 164 valence electrons. The van der Waals surface area contributed by atoms with Gasteiger partial charge < -0.3 is 9.15 Å². The zero-order chi connectivity index (χ0) is 22.9. The number of esters is 1. The van der Waals surface area contributed by atoms with Crippen molar-refractivity contribution in [1.29, 1.82) is 0 Å². The van der Waals surface area contributed by atoms with Gasteiger partial charge in [0.15, 0.2) is 5.69 Å². The number of aromatic nitrogens is 2. The second kappa shape index (κ2) is 8.35. The summed E-state index contributed by atoms with van der Waals surface area (Å²) in [5.74, 6) is -0.669. The van der Waals surface area contributed by atoms with Crippen molar-refractivity contribution in [2.45, 2.75) is 26.5 Å². The third kappa shape index (κ3) is 3.67. The highest BCUT2D eigenvalue weighted by Crippen LogP contribution is 2.28. The van der Waals surface area contributed by atoms with Gasteiger partial charge in [-0.2, -0.15) is 5.10 Å². The maximum atomic E-state index is 13.1. The SMILES string of the molecule is CCCn1nc(C(=O)OCc2cc(=O)oc3ccc4ccccc4c23)c2ccccc2c1=O. The van der Waals surface area contributed by atoms with E-state index in [0.29, 0.717) is 40.3 Å². The summed E-state index contributed by atoms with van der Waals surface area (Å²) in [6.07, 6.45) is 0.693. The number of carbonyl (C=O) groups excluding carboxylic acids is 1. The molecule has 5 aromatic rings. The molecule has 0 spiro atoms. The quantitative estimate of drug-likeness (QED) is 0.228. The van der Waals surface area contributed by atoms with Crippen molar-refractivity contribution < 1.29 is 13.9 Å². The molecule has 0 amide bonds. The van der Waals surface area contributed by atoms with Crippen molar-refractivity contribution in [3.63, 3.8) is 0 Å². The van der Waals surface area contributed by atoms with E-state index in [4.69, 9.17) is 9.15 Å². The molecule has 0 aliphatic carbocycles. The average Bonchev–Trinajstić information content (AvgIpc) is 2.83. The summed E-state index contributed by atoms with van der Waals surface area (Å²) in [6, 6.07) is 19.5. The van der Waals surface area contributed by atoms with Gasteiger partial charge in [0.25, 0.3) is 5.56 Å². The van der Waals surface area contributed by atoms with Crippen LogP contribution in [0.4, 0.5) is 0 Å². The maximum absolute atomic E-state index is 13.1. The Morgan fingerprint density at radius 1 is 0.970 bits per heavy atom. The predicted molar refractivity (Wildman–Crippen MR) is 125 cm³/mol. The highest BCUT2D eigenvalue weighted by atomic mass is 16.5. The number of carbonyl (C=O) groups is 1. The van der Waals surface area contributed by atoms with Crippen LogP contribution in [-0.4, -0.2) is 15.7 Å². The fourth-order valence-electron chi connectivity index (χ4n) is 4.09. The minimum Gasteiger partial charge on any atom is -0.456 e. The minimum absolute atomic E-state index is 0.0655. The van der Waals surface area contributed by atoms with Gasteiger partial charge in [-0.1, -0.05) is 55.5 Å². The molecule has 2 aromatic heterocycles. The molecule has 0 bridgehead atoms. The number of aryl methyl sites for hydroxylation is 1. The predicted octanol–water partition coefficient (Wildman–Crippen LogP) is 4.42. The van der Waals surface area contributed by atoms with Crippen LogP contribution in [0.5, 0.6) is 0 Å². The first kappa shape index (κ1) is 20.6. The van der Waals surface area contributed by atoms with E-state index < -0.39 is 11.6 Å². The monoisotopic (exact) mass is 440 g/mol. The van der Waals surface area contributed by atoms with Gasteiger partial charge in [-0.25, -0.2) is 14.3 Å². The first-order chi connectivity index (χ1) is 16.1. The van der Waals surface area contributed by atoms with E-state index >= 15 is 0 Å². The van der Waals surface area contributed by atoms with Gasteiger partial charge in [0, 0.05) is 28.9 Å². The molecule has 0 saturated heterocycles. The van der Waals surface area contributed by atoms with Crippen molar-refractivity contribution in [3.8, 4) is 0 Å². The van der Waals surface area contributed by atoms with Crippen molar-refractivity contribution >= 4 is 38.5 Å². The Bertz CT molecular complexity index is 1650. The van der Waals surface area contributed by atoms with Gasteiger partial charge in [0.2, 0.25) is 0 Å². The van der Waals surface area contributed by atoms with Crippen LogP contribution in [0.2, 0.25) is 0 Å². The van der Waals surface area contributed by atoms with Crippen LogP contribution in [0.15, 0.2) is 80.7 Å². The van der Waals surface area contributed by atoms with E-state index in [1.807, 2.05) is 37.3 Å². The number of hydrogen-bond donors (Lipinski definition) is 0. The smallest absolute Gasteiger partial charge is 0.359 e. The molecule has 7 heteroatoms. The third-order valence-corrected chi connectivity index (χ3v) is 5.57. The molecule has 0 radical (unpaired) electrons. The number of rotatable bonds is 5. The van der Waals surface area contributed by atoms with Gasteiger partial charge in [0.1, 0.15) is 12.2 Å². The zero-order valence-corrected chi connectivity index (χ0v) is 17.9. The second-order valence-electron chi connectivity index (χ2n) is 7.75. The second-order valence-corrected chi connectivity index (χ2v) is 7.75. The molecule has 2 heterocycles. The first-order valence-corrected chi connectivity index (χ1v) is 10.7. The largest absolute Gasteiger partial charge is 0.456 e. The Morgan fingerprint density at radius 3 is 2.48 bits per heavy atom. The average molecular weight is 440 g/mol. The fourth-order valence-corrected chi connectivity index (χ4v) is 4.09. The molecule has 0 fully saturated rings. The summed E-state index contributed by atoms with van der Waals surface area (Å²) < 4.78 is 12.3. The minimum atomic E-state index is -0.669. The lowest BCUT2D eigenvalue weighted by atomic mass is 10.0. The first-order valence-electron chi connectivity index (χ1n) is 10.7. The zero-order valence-electron chi connectivity index (χ0n) is 17.9. The number of fused-ring (bicyclic) bond motifs is 4. The molecule has 0 aliphatic rings. The Labute approximate surface area is 187 Å². The fraction of sp³-hybridized carbons (Fsp3) is 0.154. The van der Waals surface area contributed by atoms with Gasteiger partial charge in [0.05, 0.1) is 5.39 Å². The van der Waals surface area contributed by atoms with Crippen LogP contribution in [-0.2, 0) is 17.9 Å². The van der Waals surface area contributed by atoms with Crippen LogP contribution in [0.25, 0.3) is 32.5 Å². The van der Waals surface area contributed by atoms with Gasteiger partial charge in [-0.05, 0) is 29.3 Å². The molecule has 0 aliphatic heterocycles. The summed E-state index contributed by atoms with van der Waals surface area (Å²) in [6.45, 7) is 2.18. The molecule has 5 rings (SSSR count). The summed E-state index contributed by atoms with van der Waals surface area (Å²) in [7, 11) is 0. The summed E-state index contributed by atoms with van der Waals surface area (Å²) in [5, 5.41) is 7.71. The molecule has 0 atom stereocenters. The van der Waals surface area contributed by atoms with Gasteiger partial charge in [-0.15, -0.1) is 0 Å². The Morgan fingerprint density at radius 2 is 1.70 bits per heavy atom. The Balaban J connectivity index is 1.57. The molecule has 3 aromatic carbocycles. The van der Waals surface area contributed by atoms with Crippen LogP contribution in [0.1, 0.15) is 29.4 Å². The lowest BCUT2D eigenvalue weighted by Crippen LogP contribution is -2.26. The van der Waals surface area contributed by atoms with Crippen LogP contribution in [0, 0.1) is 0 Å². The molecule has 0 saturated carbocycles. The van der Waals surface area contributed by atoms with Gasteiger partial charge >= 0.3 is 11.6 Å². The highest BCUT2D eigenvalue weighted by Gasteiger charge is 2.19. The molecular formula is C26H20N2O5. The maximum Gasteiger partial charge on any atom is 0.359 e. The molecule has 7 nitrogen and oxygen atoms in total. The number of hydrogen-bond acceptors (Lipinski definition) is 6. The summed E-state index contributed by atoms with van der Waals surface area (Å²) in [4.78, 5) is 37.9. The number of benzene rings is 3. The van der Waals surface area contributed by atoms with E-state index in [1.165, 1.54) is 10.7 Å². The van der Waals surface area contributed by atoms with Crippen molar-refractivity contribution in [2.24, 2.45) is 0 Å². The lowest BCUT2D eigenvalue weighted by Gasteiger charge is -2.12. The van der Waals surface area contributed by atoms with Crippen molar-refractivity contribution in [1.82, 2.24) is 9.78 Å².